The van der Waals surface area contributed by atoms with Crippen LogP contribution in [-0.4, -0.2) is 28.6 Å². The average Bonchev–Trinajstić information content (AvgIpc) is 3.31. The number of aryl methyl sites for hydroxylation is 4. The lowest BCUT2D eigenvalue weighted by atomic mass is 9.97. The van der Waals surface area contributed by atoms with Gasteiger partial charge in [0, 0.05) is 17.0 Å². The zero-order valence-corrected chi connectivity index (χ0v) is 17.7. The molecule has 3 heterocycles. The Labute approximate surface area is 176 Å². The van der Waals surface area contributed by atoms with Crippen LogP contribution in [0.1, 0.15) is 51.6 Å². The molecule has 1 aliphatic rings. The maximum absolute atomic E-state index is 12.9. The summed E-state index contributed by atoms with van der Waals surface area (Å²) in [7, 11) is 1.27. The second-order valence-electron chi connectivity index (χ2n) is 7.26. The predicted molar refractivity (Wildman–Crippen MR) is 110 cm³/mol. The Morgan fingerprint density at radius 2 is 2.10 bits per heavy atom. The number of nitrogens with zero attached hydrogens (tertiary/aromatic N) is 2. The highest BCUT2D eigenvalue weighted by Crippen LogP contribution is 2.33. The first-order chi connectivity index (χ1) is 14.5. The molecule has 0 radical (unpaired) electrons. The third-order valence-corrected chi connectivity index (χ3v) is 6.41. The summed E-state index contributed by atoms with van der Waals surface area (Å²) in [6.07, 6.45) is 5.68. The van der Waals surface area contributed by atoms with Crippen molar-refractivity contribution in [3.63, 3.8) is 0 Å². The molecule has 0 fully saturated rings. The number of thiophene rings is 1. The number of aromatic nitrogens is 2. The van der Waals surface area contributed by atoms with Gasteiger partial charge < -0.3 is 13.9 Å². The molecule has 30 heavy (non-hydrogen) atoms. The molecule has 4 rings (SSSR count). The second-order valence-corrected chi connectivity index (χ2v) is 8.34. The molecule has 0 unspecified atom stereocenters. The third kappa shape index (κ3) is 3.89. The predicted octanol–water partition coefficient (Wildman–Crippen LogP) is 3.16. The Morgan fingerprint density at radius 3 is 2.90 bits per heavy atom. The van der Waals surface area contributed by atoms with Crippen molar-refractivity contribution in [1.82, 2.24) is 9.55 Å². The smallest absolute Gasteiger partial charge is 0.374 e. The minimum Gasteiger partial charge on any atom is -0.463 e. The minimum absolute atomic E-state index is 0.0307. The lowest BCUT2D eigenvalue weighted by molar-refractivity contribution is -0.145. The van der Waals surface area contributed by atoms with Gasteiger partial charge in [0.2, 0.25) is 5.76 Å². The number of hydrogen-bond donors (Lipinski definition) is 0. The van der Waals surface area contributed by atoms with Crippen LogP contribution >= 0.6 is 11.3 Å². The maximum atomic E-state index is 12.9. The van der Waals surface area contributed by atoms with E-state index in [2.05, 4.69) is 9.72 Å². The number of ether oxygens (including phenoxy) is 2. The molecule has 0 atom stereocenters. The molecule has 3 aromatic heterocycles. The molecular weight excluding hydrogens is 408 g/mol. The van der Waals surface area contributed by atoms with Crippen LogP contribution in [0.4, 0.5) is 0 Å². The van der Waals surface area contributed by atoms with Crippen LogP contribution in [-0.2, 0) is 40.3 Å². The molecular formula is C21H22N2O6S. The summed E-state index contributed by atoms with van der Waals surface area (Å²) in [5.74, 6) is -0.606. The van der Waals surface area contributed by atoms with Crippen LogP contribution in [0, 0.1) is 6.92 Å². The topological polar surface area (TPSA) is 101 Å². The van der Waals surface area contributed by atoms with E-state index in [-0.39, 0.29) is 30.9 Å². The van der Waals surface area contributed by atoms with E-state index in [4.69, 9.17) is 9.15 Å². The van der Waals surface area contributed by atoms with Crippen molar-refractivity contribution in [1.29, 1.82) is 0 Å². The molecule has 0 amide bonds. The van der Waals surface area contributed by atoms with E-state index < -0.39 is 11.9 Å². The van der Waals surface area contributed by atoms with E-state index >= 15 is 0 Å². The van der Waals surface area contributed by atoms with E-state index in [1.54, 1.807) is 24.3 Å². The highest BCUT2D eigenvalue weighted by molar-refractivity contribution is 7.18. The SMILES string of the molecule is COC(=O)c1oc(COC(=O)CCn2cnc3sc4c(c3c2=O)CCCC4)cc1C. The van der Waals surface area contributed by atoms with E-state index in [9.17, 15) is 14.4 Å². The lowest BCUT2D eigenvalue weighted by Gasteiger charge is -2.10. The van der Waals surface area contributed by atoms with E-state index in [1.807, 2.05) is 0 Å². The number of carbonyl (C=O) groups excluding carboxylic acids is 2. The molecule has 8 nitrogen and oxygen atoms in total. The number of carbonyl (C=O) groups is 2. The number of rotatable bonds is 6. The summed E-state index contributed by atoms with van der Waals surface area (Å²) in [5.41, 5.74) is 1.64. The van der Waals surface area contributed by atoms with E-state index in [0.717, 1.165) is 36.1 Å². The highest BCUT2D eigenvalue weighted by Gasteiger charge is 2.20. The first kappa shape index (κ1) is 20.3. The van der Waals surface area contributed by atoms with E-state index in [1.165, 1.54) is 22.9 Å². The van der Waals surface area contributed by atoms with Gasteiger partial charge in [0.1, 0.15) is 17.2 Å². The molecule has 0 bridgehead atoms. The van der Waals surface area contributed by atoms with Crippen molar-refractivity contribution >= 4 is 33.5 Å². The Kier molecular flexibility index (Phi) is 5.72. The van der Waals surface area contributed by atoms with Gasteiger partial charge in [-0.2, -0.15) is 0 Å². The lowest BCUT2D eigenvalue weighted by Crippen LogP contribution is -2.23. The number of methoxy groups -OCH3 is 1. The fourth-order valence-electron chi connectivity index (χ4n) is 3.69. The molecule has 0 N–H and O–H groups in total. The first-order valence-electron chi connectivity index (χ1n) is 9.81. The fraction of sp³-hybridized carbons (Fsp3) is 0.429. The van der Waals surface area contributed by atoms with Crippen molar-refractivity contribution in [2.75, 3.05) is 7.11 Å². The number of furan rings is 1. The second kappa shape index (κ2) is 8.43. The standard InChI is InChI=1S/C21H22N2O6S/c1-12-9-13(29-18(12)21(26)27-2)10-28-16(24)7-8-23-11-22-19-17(20(23)25)14-5-3-4-6-15(14)30-19/h9,11H,3-8,10H2,1-2H3. The van der Waals surface area contributed by atoms with Gasteiger partial charge in [0.25, 0.3) is 5.56 Å². The quantitative estimate of drug-likeness (QED) is 0.554. The summed E-state index contributed by atoms with van der Waals surface area (Å²) < 4.78 is 16.7. The number of fused-ring (bicyclic) bond motifs is 3. The third-order valence-electron chi connectivity index (χ3n) is 5.21. The molecule has 0 saturated carbocycles. The molecule has 0 aromatic carbocycles. The Morgan fingerprint density at radius 1 is 1.30 bits per heavy atom. The summed E-state index contributed by atoms with van der Waals surface area (Å²) >= 11 is 1.60. The molecule has 0 spiro atoms. The Balaban J connectivity index is 1.39. The normalized spacial score (nSPS) is 13.3. The Hall–Kier alpha value is -2.94. The molecule has 0 saturated heterocycles. The Bertz CT molecular complexity index is 1170. The van der Waals surface area contributed by atoms with Crippen molar-refractivity contribution in [3.05, 3.63) is 50.3 Å². The minimum atomic E-state index is -0.581. The zero-order chi connectivity index (χ0) is 21.3. The molecule has 9 heteroatoms. The average molecular weight is 430 g/mol. The van der Waals surface area contributed by atoms with Gasteiger partial charge in [-0.15, -0.1) is 11.3 Å². The van der Waals surface area contributed by atoms with Crippen LogP contribution in [0.3, 0.4) is 0 Å². The largest absolute Gasteiger partial charge is 0.463 e. The van der Waals surface area contributed by atoms with Gasteiger partial charge in [-0.25, -0.2) is 9.78 Å². The van der Waals surface area contributed by atoms with Gasteiger partial charge in [-0.1, -0.05) is 0 Å². The molecule has 0 aliphatic heterocycles. The van der Waals surface area contributed by atoms with Crippen LogP contribution in [0.15, 0.2) is 21.6 Å². The molecule has 1 aliphatic carbocycles. The van der Waals surface area contributed by atoms with Crippen LogP contribution in [0.2, 0.25) is 0 Å². The van der Waals surface area contributed by atoms with E-state index in [0.29, 0.717) is 16.7 Å². The van der Waals surface area contributed by atoms with Gasteiger partial charge >= 0.3 is 11.9 Å². The monoisotopic (exact) mass is 430 g/mol. The van der Waals surface area contributed by atoms with Gasteiger partial charge in [-0.05, 0) is 44.2 Å². The maximum Gasteiger partial charge on any atom is 0.374 e. The summed E-state index contributed by atoms with van der Waals surface area (Å²) in [6.45, 7) is 1.80. The summed E-state index contributed by atoms with van der Waals surface area (Å²) in [6, 6.07) is 1.63. The summed E-state index contributed by atoms with van der Waals surface area (Å²) in [4.78, 5) is 43.1. The number of esters is 2. The van der Waals surface area contributed by atoms with Crippen molar-refractivity contribution in [2.45, 2.75) is 52.2 Å². The summed E-state index contributed by atoms with van der Waals surface area (Å²) in [5, 5.41) is 0.701. The van der Waals surface area contributed by atoms with Gasteiger partial charge in [0.05, 0.1) is 25.2 Å². The molecule has 3 aromatic rings. The first-order valence-corrected chi connectivity index (χ1v) is 10.6. The number of hydrogen-bond acceptors (Lipinski definition) is 8. The highest BCUT2D eigenvalue weighted by atomic mass is 32.1. The zero-order valence-electron chi connectivity index (χ0n) is 16.9. The van der Waals surface area contributed by atoms with Crippen molar-refractivity contribution in [2.24, 2.45) is 0 Å². The fourth-order valence-corrected chi connectivity index (χ4v) is 4.91. The van der Waals surface area contributed by atoms with Crippen LogP contribution in [0.25, 0.3) is 10.2 Å². The van der Waals surface area contributed by atoms with Gasteiger partial charge in [0.15, 0.2) is 0 Å². The molecule has 158 valence electrons. The van der Waals surface area contributed by atoms with Crippen LogP contribution in [0.5, 0.6) is 0 Å². The van der Waals surface area contributed by atoms with Crippen LogP contribution < -0.4 is 5.56 Å². The van der Waals surface area contributed by atoms with Crippen molar-refractivity contribution < 1.29 is 23.5 Å². The van der Waals surface area contributed by atoms with Gasteiger partial charge in [-0.3, -0.25) is 14.2 Å². The van der Waals surface area contributed by atoms with Crippen molar-refractivity contribution in [3.8, 4) is 0 Å².